The molecule has 0 amide bonds. The Kier molecular flexibility index (Phi) is 4.25. The van der Waals surface area contributed by atoms with Gasteiger partial charge in [-0.25, -0.2) is 9.48 Å². The summed E-state index contributed by atoms with van der Waals surface area (Å²) in [6.45, 7) is 2.06. The first kappa shape index (κ1) is 17.1. The van der Waals surface area contributed by atoms with Gasteiger partial charge in [0.15, 0.2) is 5.69 Å². The molecule has 1 N–H and O–H groups in total. The van der Waals surface area contributed by atoms with Crippen LogP contribution in [0, 0.1) is 6.92 Å². The summed E-state index contributed by atoms with van der Waals surface area (Å²) in [5.41, 5.74) is 5.65. The topological polar surface area (TPSA) is 55.1 Å². The lowest BCUT2D eigenvalue weighted by Gasteiger charge is -2.13. The highest BCUT2D eigenvalue weighted by atomic mass is 35.5. The number of fused-ring (bicyclic) bond motifs is 3. The molecule has 3 aromatic rings. The summed E-state index contributed by atoms with van der Waals surface area (Å²) >= 11 is 12.4. The summed E-state index contributed by atoms with van der Waals surface area (Å²) in [5.74, 6) is -1.03. The van der Waals surface area contributed by atoms with Crippen LogP contribution in [0.1, 0.15) is 33.6 Å². The zero-order chi connectivity index (χ0) is 18.4. The SMILES string of the molecule is Cc1ccc2c(c1)CCCc1c(C(=O)O)nn(-c3ccc(Cl)cc3Cl)c1-2. The molecule has 4 nitrogen and oxygen atoms in total. The second-order valence-corrected chi connectivity index (χ2v) is 7.35. The fraction of sp³-hybridized carbons (Fsp3) is 0.200. The molecule has 1 aliphatic carbocycles. The fourth-order valence-corrected chi connectivity index (χ4v) is 4.07. The molecule has 1 aliphatic rings. The van der Waals surface area contributed by atoms with Crippen LogP contribution >= 0.6 is 23.2 Å². The molecular weight excluding hydrogens is 371 g/mol. The molecule has 0 saturated heterocycles. The van der Waals surface area contributed by atoms with Crippen molar-refractivity contribution in [3.8, 4) is 16.9 Å². The predicted octanol–water partition coefficient (Wildman–Crippen LogP) is 5.34. The van der Waals surface area contributed by atoms with E-state index < -0.39 is 5.97 Å². The van der Waals surface area contributed by atoms with Crippen LogP contribution in [0.4, 0.5) is 0 Å². The minimum absolute atomic E-state index is 0.0828. The number of aromatic carboxylic acids is 1. The van der Waals surface area contributed by atoms with E-state index in [4.69, 9.17) is 23.2 Å². The van der Waals surface area contributed by atoms with Gasteiger partial charge in [-0.05, 0) is 49.9 Å². The van der Waals surface area contributed by atoms with Gasteiger partial charge in [0.25, 0.3) is 0 Å². The second-order valence-electron chi connectivity index (χ2n) is 6.50. The highest BCUT2D eigenvalue weighted by molar-refractivity contribution is 6.35. The van der Waals surface area contributed by atoms with E-state index in [0.717, 1.165) is 29.7 Å². The van der Waals surface area contributed by atoms with Crippen molar-refractivity contribution in [1.82, 2.24) is 9.78 Å². The normalized spacial score (nSPS) is 13.0. The highest BCUT2D eigenvalue weighted by Crippen LogP contribution is 2.38. The largest absolute Gasteiger partial charge is 0.476 e. The Labute approximate surface area is 161 Å². The number of aryl methyl sites for hydroxylation is 2. The number of carboxylic acids is 1. The number of hydrogen-bond donors (Lipinski definition) is 1. The van der Waals surface area contributed by atoms with Gasteiger partial charge in [0.05, 0.1) is 16.4 Å². The van der Waals surface area contributed by atoms with Crippen LogP contribution in [-0.4, -0.2) is 20.9 Å². The van der Waals surface area contributed by atoms with Gasteiger partial charge in [-0.1, -0.05) is 47.0 Å². The molecule has 6 heteroatoms. The Morgan fingerprint density at radius 2 is 1.96 bits per heavy atom. The van der Waals surface area contributed by atoms with Crippen molar-refractivity contribution < 1.29 is 9.90 Å². The van der Waals surface area contributed by atoms with Crippen LogP contribution in [0.15, 0.2) is 36.4 Å². The third-order valence-corrected chi connectivity index (χ3v) is 5.25. The number of carbonyl (C=O) groups is 1. The standard InChI is InChI=1S/C20H16Cl2N2O2/c1-11-5-7-14-12(9-11)3-2-4-15-18(20(25)26)23-24(19(14)15)17-8-6-13(21)10-16(17)22/h5-10H,2-4H2,1H3,(H,25,26). The molecular formula is C20H16Cl2N2O2. The zero-order valence-electron chi connectivity index (χ0n) is 14.1. The molecule has 4 rings (SSSR count). The van der Waals surface area contributed by atoms with Crippen LogP contribution in [0.25, 0.3) is 16.9 Å². The van der Waals surface area contributed by atoms with Gasteiger partial charge in [0, 0.05) is 16.1 Å². The van der Waals surface area contributed by atoms with Crippen LogP contribution in [0.5, 0.6) is 0 Å². The molecule has 0 saturated carbocycles. The van der Waals surface area contributed by atoms with E-state index in [1.807, 2.05) is 12.1 Å². The molecule has 1 heterocycles. The molecule has 2 aromatic carbocycles. The van der Waals surface area contributed by atoms with Crippen molar-refractivity contribution in [3.63, 3.8) is 0 Å². The maximum atomic E-state index is 11.8. The molecule has 0 aliphatic heterocycles. The third kappa shape index (κ3) is 2.79. The van der Waals surface area contributed by atoms with Crippen molar-refractivity contribution in [2.45, 2.75) is 26.2 Å². The van der Waals surface area contributed by atoms with Gasteiger partial charge >= 0.3 is 5.97 Å². The summed E-state index contributed by atoms with van der Waals surface area (Å²) in [6, 6.07) is 11.4. The van der Waals surface area contributed by atoms with E-state index in [9.17, 15) is 9.90 Å². The van der Waals surface area contributed by atoms with Gasteiger partial charge < -0.3 is 5.11 Å². The van der Waals surface area contributed by atoms with Gasteiger partial charge in [-0.15, -0.1) is 0 Å². The Hall–Kier alpha value is -2.30. The zero-order valence-corrected chi connectivity index (χ0v) is 15.6. The van der Waals surface area contributed by atoms with E-state index in [2.05, 4.69) is 18.1 Å². The average Bonchev–Trinajstić information content (AvgIpc) is 2.85. The quantitative estimate of drug-likeness (QED) is 0.646. The monoisotopic (exact) mass is 386 g/mol. The van der Waals surface area contributed by atoms with E-state index in [1.54, 1.807) is 22.9 Å². The van der Waals surface area contributed by atoms with Crippen molar-refractivity contribution in [3.05, 3.63) is 68.8 Å². The first-order valence-electron chi connectivity index (χ1n) is 8.36. The van der Waals surface area contributed by atoms with E-state index >= 15 is 0 Å². The van der Waals surface area contributed by atoms with Crippen molar-refractivity contribution in [2.24, 2.45) is 0 Å². The Bertz CT molecular complexity index is 1040. The van der Waals surface area contributed by atoms with Crippen molar-refractivity contribution in [1.29, 1.82) is 0 Å². The van der Waals surface area contributed by atoms with Crippen LogP contribution in [-0.2, 0) is 12.8 Å². The van der Waals surface area contributed by atoms with E-state index in [-0.39, 0.29) is 5.69 Å². The third-order valence-electron chi connectivity index (χ3n) is 4.71. The summed E-state index contributed by atoms with van der Waals surface area (Å²) in [6.07, 6.45) is 2.44. The number of nitrogens with zero attached hydrogens (tertiary/aromatic N) is 2. The number of benzene rings is 2. The summed E-state index contributed by atoms with van der Waals surface area (Å²) in [4.78, 5) is 11.8. The molecule has 0 fully saturated rings. The number of halogens is 2. The Morgan fingerprint density at radius 1 is 1.15 bits per heavy atom. The molecule has 0 atom stereocenters. The molecule has 0 radical (unpaired) electrons. The maximum absolute atomic E-state index is 11.8. The van der Waals surface area contributed by atoms with Crippen molar-refractivity contribution >= 4 is 29.2 Å². The lowest BCUT2D eigenvalue weighted by atomic mass is 9.99. The smallest absolute Gasteiger partial charge is 0.356 e. The van der Waals surface area contributed by atoms with Gasteiger partial charge in [0.2, 0.25) is 0 Å². The lowest BCUT2D eigenvalue weighted by molar-refractivity contribution is 0.0688. The highest BCUT2D eigenvalue weighted by Gasteiger charge is 2.28. The molecule has 26 heavy (non-hydrogen) atoms. The Balaban J connectivity index is 2.06. The minimum atomic E-state index is -1.03. The van der Waals surface area contributed by atoms with E-state index in [0.29, 0.717) is 22.2 Å². The number of rotatable bonds is 2. The minimum Gasteiger partial charge on any atom is -0.476 e. The van der Waals surface area contributed by atoms with Gasteiger partial charge in [-0.3, -0.25) is 0 Å². The number of carboxylic acid groups (broad SMARTS) is 1. The lowest BCUT2D eigenvalue weighted by Crippen LogP contribution is -2.04. The molecule has 132 valence electrons. The summed E-state index contributed by atoms with van der Waals surface area (Å²) < 4.78 is 1.65. The number of aromatic nitrogens is 2. The first-order valence-corrected chi connectivity index (χ1v) is 9.12. The first-order chi connectivity index (χ1) is 12.5. The van der Waals surface area contributed by atoms with Gasteiger partial charge in [-0.2, -0.15) is 5.10 Å². The predicted molar refractivity (Wildman–Crippen MR) is 103 cm³/mol. The summed E-state index contributed by atoms with van der Waals surface area (Å²) in [5, 5.41) is 15.0. The molecule has 0 spiro atoms. The van der Waals surface area contributed by atoms with Crippen molar-refractivity contribution in [2.75, 3.05) is 0 Å². The van der Waals surface area contributed by atoms with Crippen LogP contribution in [0.3, 0.4) is 0 Å². The summed E-state index contributed by atoms with van der Waals surface area (Å²) in [7, 11) is 0. The number of hydrogen-bond acceptors (Lipinski definition) is 2. The fourth-order valence-electron chi connectivity index (χ4n) is 3.58. The maximum Gasteiger partial charge on any atom is 0.356 e. The van der Waals surface area contributed by atoms with Crippen LogP contribution in [0.2, 0.25) is 10.0 Å². The Morgan fingerprint density at radius 3 is 2.69 bits per heavy atom. The molecule has 0 unspecified atom stereocenters. The average molecular weight is 387 g/mol. The molecule has 1 aromatic heterocycles. The molecule has 0 bridgehead atoms. The van der Waals surface area contributed by atoms with E-state index in [1.165, 1.54) is 11.1 Å². The van der Waals surface area contributed by atoms with Crippen LogP contribution < -0.4 is 0 Å². The van der Waals surface area contributed by atoms with Gasteiger partial charge in [0.1, 0.15) is 0 Å². The second kappa shape index (κ2) is 6.45.